The highest BCUT2D eigenvalue weighted by molar-refractivity contribution is 7.99. The van der Waals surface area contributed by atoms with Gasteiger partial charge < -0.3 is 4.90 Å². The third-order valence-electron chi connectivity index (χ3n) is 5.63. The Morgan fingerprint density at radius 2 is 1.93 bits per heavy atom. The quantitative estimate of drug-likeness (QED) is 0.787. The zero-order valence-corrected chi connectivity index (χ0v) is 17.3. The fourth-order valence-electron chi connectivity index (χ4n) is 4.14. The van der Waals surface area contributed by atoms with Crippen molar-refractivity contribution in [1.29, 1.82) is 0 Å². The summed E-state index contributed by atoms with van der Waals surface area (Å²) in [6.07, 6.45) is 7.52. The molecule has 0 amide bonds. The van der Waals surface area contributed by atoms with E-state index in [-0.39, 0.29) is 0 Å². The standard InChI is InChI=1S/C20H30N6S/c1-3-8-26-15-18(16(2)23-26)19-4-7-21-20(22-19)25-9-5-17(6-10-25)24-11-13-27-14-12-24/h4,7,15,17H,3,5-6,8-14H2,1-2H3. The van der Waals surface area contributed by atoms with E-state index in [1.165, 1.54) is 37.4 Å². The van der Waals surface area contributed by atoms with Crippen LogP contribution in [0.15, 0.2) is 18.5 Å². The minimum atomic E-state index is 0.736. The molecule has 146 valence electrons. The number of thioether (sulfide) groups is 1. The van der Waals surface area contributed by atoms with Gasteiger partial charge in [-0.25, -0.2) is 9.97 Å². The number of anilines is 1. The molecule has 0 aliphatic carbocycles. The van der Waals surface area contributed by atoms with Crippen molar-refractivity contribution in [3.8, 4) is 11.3 Å². The van der Waals surface area contributed by atoms with Crippen molar-refractivity contribution in [3.63, 3.8) is 0 Å². The molecule has 2 aromatic rings. The summed E-state index contributed by atoms with van der Waals surface area (Å²) >= 11 is 2.09. The summed E-state index contributed by atoms with van der Waals surface area (Å²) in [6.45, 7) is 9.78. The van der Waals surface area contributed by atoms with E-state index in [1.807, 2.05) is 16.9 Å². The Balaban J connectivity index is 1.44. The molecular weight excluding hydrogens is 356 g/mol. The van der Waals surface area contributed by atoms with Gasteiger partial charge in [0.15, 0.2) is 0 Å². The first-order valence-electron chi connectivity index (χ1n) is 10.2. The van der Waals surface area contributed by atoms with Crippen LogP contribution in [-0.2, 0) is 6.54 Å². The Kier molecular flexibility index (Phi) is 5.98. The Bertz CT molecular complexity index is 747. The van der Waals surface area contributed by atoms with E-state index in [4.69, 9.17) is 4.98 Å². The zero-order chi connectivity index (χ0) is 18.6. The fourth-order valence-corrected chi connectivity index (χ4v) is 5.07. The molecule has 2 aliphatic heterocycles. The zero-order valence-electron chi connectivity index (χ0n) is 16.5. The molecule has 0 saturated carbocycles. The number of hydrogen-bond acceptors (Lipinski definition) is 6. The molecule has 0 radical (unpaired) electrons. The minimum Gasteiger partial charge on any atom is -0.341 e. The summed E-state index contributed by atoms with van der Waals surface area (Å²) in [4.78, 5) is 14.5. The summed E-state index contributed by atoms with van der Waals surface area (Å²) in [7, 11) is 0. The molecule has 6 nitrogen and oxygen atoms in total. The lowest BCUT2D eigenvalue weighted by Gasteiger charge is -2.40. The molecule has 27 heavy (non-hydrogen) atoms. The van der Waals surface area contributed by atoms with E-state index >= 15 is 0 Å². The lowest BCUT2D eigenvalue weighted by Crippen LogP contribution is -2.48. The second-order valence-electron chi connectivity index (χ2n) is 7.50. The summed E-state index contributed by atoms with van der Waals surface area (Å²) in [5.41, 5.74) is 3.14. The maximum absolute atomic E-state index is 4.88. The number of hydrogen-bond donors (Lipinski definition) is 0. The Morgan fingerprint density at radius 3 is 2.67 bits per heavy atom. The molecule has 0 aromatic carbocycles. The predicted molar refractivity (Wildman–Crippen MR) is 112 cm³/mol. The molecular formula is C20H30N6S. The summed E-state index contributed by atoms with van der Waals surface area (Å²) < 4.78 is 2.02. The van der Waals surface area contributed by atoms with E-state index in [2.05, 4.69) is 51.7 Å². The summed E-state index contributed by atoms with van der Waals surface area (Å²) in [5.74, 6) is 3.44. The van der Waals surface area contributed by atoms with Gasteiger partial charge in [-0.2, -0.15) is 16.9 Å². The van der Waals surface area contributed by atoms with E-state index in [0.717, 1.165) is 55.0 Å². The SMILES string of the molecule is CCCn1cc(-c2ccnc(N3CCC(N4CCSCC4)CC3)n2)c(C)n1. The second-order valence-corrected chi connectivity index (χ2v) is 8.72. The third kappa shape index (κ3) is 4.29. The van der Waals surface area contributed by atoms with Crippen LogP contribution in [0.4, 0.5) is 5.95 Å². The molecule has 7 heteroatoms. The topological polar surface area (TPSA) is 50.1 Å². The first kappa shape index (κ1) is 18.7. The van der Waals surface area contributed by atoms with Crippen LogP contribution in [0.2, 0.25) is 0 Å². The number of aromatic nitrogens is 4. The molecule has 0 unspecified atom stereocenters. The van der Waals surface area contributed by atoms with Crippen LogP contribution >= 0.6 is 11.8 Å². The number of nitrogens with zero attached hydrogens (tertiary/aromatic N) is 6. The summed E-state index contributed by atoms with van der Waals surface area (Å²) in [5, 5.41) is 4.62. The lowest BCUT2D eigenvalue weighted by molar-refractivity contribution is 0.185. The van der Waals surface area contributed by atoms with Gasteiger partial charge in [0.25, 0.3) is 0 Å². The van der Waals surface area contributed by atoms with Gasteiger partial charge >= 0.3 is 0 Å². The highest BCUT2D eigenvalue weighted by Crippen LogP contribution is 2.25. The molecule has 0 bridgehead atoms. The Labute approximate surface area is 166 Å². The van der Waals surface area contributed by atoms with Crippen molar-refractivity contribution in [1.82, 2.24) is 24.6 Å². The molecule has 2 aliphatic rings. The van der Waals surface area contributed by atoms with E-state index in [1.54, 1.807) is 0 Å². The first-order valence-corrected chi connectivity index (χ1v) is 11.3. The fraction of sp³-hybridized carbons (Fsp3) is 0.650. The van der Waals surface area contributed by atoms with Crippen molar-refractivity contribution >= 4 is 17.7 Å². The monoisotopic (exact) mass is 386 g/mol. The number of aryl methyl sites for hydroxylation is 2. The molecule has 0 spiro atoms. The van der Waals surface area contributed by atoms with Crippen LogP contribution < -0.4 is 4.90 Å². The minimum absolute atomic E-state index is 0.736. The van der Waals surface area contributed by atoms with Crippen molar-refractivity contribution < 1.29 is 0 Å². The molecule has 4 rings (SSSR count). The van der Waals surface area contributed by atoms with Gasteiger partial charge in [0.2, 0.25) is 5.95 Å². The predicted octanol–water partition coefficient (Wildman–Crippen LogP) is 3.08. The highest BCUT2D eigenvalue weighted by Gasteiger charge is 2.26. The maximum Gasteiger partial charge on any atom is 0.225 e. The third-order valence-corrected chi connectivity index (χ3v) is 6.57. The second kappa shape index (κ2) is 8.61. The number of rotatable bonds is 5. The average molecular weight is 387 g/mol. The molecule has 2 saturated heterocycles. The van der Waals surface area contributed by atoms with Crippen molar-refractivity contribution in [2.45, 2.75) is 45.7 Å². The van der Waals surface area contributed by atoms with Crippen LogP contribution in [0.1, 0.15) is 31.9 Å². The molecule has 0 atom stereocenters. The molecule has 2 aromatic heterocycles. The van der Waals surface area contributed by atoms with Gasteiger partial charge in [0, 0.05) is 68.2 Å². The van der Waals surface area contributed by atoms with Crippen molar-refractivity contribution in [2.24, 2.45) is 0 Å². The first-order chi connectivity index (χ1) is 13.2. The van der Waals surface area contributed by atoms with Crippen molar-refractivity contribution in [2.75, 3.05) is 42.6 Å². The van der Waals surface area contributed by atoms with Gasteiger partial charge in [-0.15, -0.1) is 0 Å². The van der Waals surface area contributed by atoms with E-state index in [0.29, 0.717) is 0 Å². The van der Waals surface area contributed by atoms with Crippen LogP contribution in [0, 0.1) is 6.92 Å². The normalized spacial score (nSPS) is 19.6. The Hall–Kier alpha value is -1.60. The van der Waals surface area contributed by atoms with Crippen LogP contribution in [0.3, 0.4) is 0 Å². The highest BCUT2D eigenvalue weighted by atomic mass is 32.2. The average Bonchev–Trinajstić information content (AvgIpc) is 3.09. The Morgan fingerprint density at radius 1 is 1.15 bits per heavy atom. The van der Waals surface area contributed by atoms with E-state index in [9.17, 15) is 0 Å². The van der Waals surface area contributed by atoms with Gasteiger partial charge in [0.05, 0.1) is 11.4 Å². The maximum atomic E-state index is 4.88. The van der Waals surface area contributed by atoms with Gasteiger partial charge in [-0.05, 0) is 32.3 Å². The van der Waals surface area contributed by atoms with E-state index < -0.39 is 0 Å². The molecule has 4 heterocycles. The molecule has 0 N–H and O–H groups in total. The van der Waals surface area contributed by atoms with Crippen LogP contribution in [-0.4, -0.2) is 68.4 Å². The summed E-state index contributed by atoms with van der Waals surface area (Å²) in [6, 6.07) is 2.74. The van der Waals surface area contributed by atoms with Gasteiger partial charge in [-0.1, -0.05) is 6.92 Å². The van der Waals surface area contributed by atoms with Crippen LogP contribution in [0.5, 0.6) is 0 Å². The van der Waals surface area contributed by atoms with Crippen molar-refractivity contribution in [3.05, 3.63) is 24.2 Å². The van der Waals surface area contributed by atoms with Crippen LogP contribution in [0.25, 0.3) is 11.3 Å². The largest absolute Gasteiger partial charge is 0.341 e. The number of piperidine rings is 1. The van der Waals surface area contributed by atoms with Gasteiger partial charge in [-0.3, -0.25) is 9.58 Å². The smallest absolute Gasteiger partial charge is 0.225 e. The van der Waals surface area contributed by atoms with Gasteiger partial charge in [0.1, 0.15) is 0 Å². The molecule has 2 fully saturated rings. The lowest BCUT2D eigenvalue weighted by atomic mass is 10.0.